The van der Waals surface area contributed by atoms with Gasteiger partial charge in [0.1, 0.15) is 11.7 Å². The van der Waals surface area contributed by atoms with E-state index in [0.717, 1.165) is 42.4 Å². The molecule has 0 bridgehead atoms. The van der Waals surface area contributed by atoms with Gasteiger partial charge in [0.2, 0.25) is 0 Å². The predicted molar refractivity (Wildman–Crippen MR) is 193 cm³/mol. The molecule has 1 unspecified atom stereocenters. The molecule has 2 N–H and O–H groups in total. The average Bonchev–Trinajstić information content (AvgIpc) is 3.73. The Balaban J connectivity index is 1.07. The molecule has 3 fully saturated rings. The molecule has 8 atom stereocenters. The van der Waals surface area contributed by atoms with Crippen molar-refractivity contribution in [1.29, 1.82) is 0 Å². The van der Waals surface area contributed by atoms with Crippen LogP contribution >= 0.6 is 0 Å². The fraction of sp³-hybridized carbons (Fsp3) is 0.550. The summed E-state index contributed by atoms with van der Waals surface area (Å²) in [5, 5.41) is 24.6. The fourth-order valence-corrected chi connectivity index (χ4v) is 12.0. The van der Waals surface area contributed by atoms with Crippen molar-refractivity contribution in [3.05, 3.63) is 95.5 Å². The van der Waals surface area contributed by atoms with Crippen molar-refractivity contribution in [1.82, 2.24) is 0 Å². The number of furan rings is 1. The van der Waals surface area contributed by atoms with Gasteiger partial charge in [0.05, 0.1) is 47.2 Å². The molecule has 0 aliphatic heterocycles. The molecule has 0 radical (unpaired) electrons. The van der Waals surface area contributed by atoms with Gasteiger partial charge >= 0.3 is 0 Å². The van der Waals surface area contributed by atoms with Crippen molar-refractivity contribution in [2.24, 2.45) is 22.7 Å². The van der Waals surface area contributed by atoms with Crippen LogP contribution in [-0.2, 0) is 38.9 Å². The van der Waals surface area contributed by atoms with E-state index >= 15 is 0 Å². The van der Waals surface area contributed by atoms with Gasteiger partial charge in [-0.05, 0) is 113 Å². The second-order valence-electron chi connectivity index (χ2n) is 16.0. The highest BCUT2D eigenvalue weighted by atomic mass is 32.2. The van der Waals surface area contributed by atoms with Gasteiger partial charge in [-0.25, -0.2) is 0 Å². The van der Waals surface area contributed by atoms with Crippen molar-refractivity contribution < 1.29 is 44.6 Å². The minimum Gasteiger partial charge on any atom is -0.472 e. The molecular formula is C40H50O10S2. The average molecular weight is 755 g/mol. The lowest BCUT2D eigenvalue weighted by atomic mass is 9.44. The van der Waals surface area contributed by atoms with Gasteiger partial charge in [-0.2, -0.15) is 16.8 Å². The lowest BCUT2D eigenvalue weighted by Crippen LogP contribution is -2.63. The van der Waals surface area contributed by atoms with Crippen molar-refractivity contribution >= 4 is 20.2 Å². The molecule has 1 heterocycles. The SMILES string of the molecule is Cc1ccc(S(=O)(=O)OCC(CO[C@@H]2C=C3CC[C@@H]4[C@H](CC[C@]5(C)[C@@](O)(c6ccoc6)CC[C@]45O)[C@@]3(C)CC2)OS(=O)(=O)c2ccc(C)cc2)cc1. The van der Waals surface area contributed by atoms with Gasteiger partial charge in [-0.15, -0.1) is 0 Å². The van der Waals surface area contributed by atoms with Crippen LogP contribution in [0.5, 0.6) is 0 Å². The number of aliphatic hydroxyl groups is 2. The second-order valence-corrected chi connectivity index (χ2v) is 19.2. The van der Waals surface area contributed by atoms with Gasteiger partial charge in [-0.1, -0.05) is 60.9 Å². The standard InChI is InChI=1S/C40H50O10S2/c1-27-5-10-33(11-6-27)51(43,44)49-26-32(50-52(45,46)34-12-7-28(2)8-13-34)25-48-31-15-18-37(3)29(23-31)9-14-36-35(37)16-19-38(4)39(41,20-21-40(36,38)42)30-17-22-47-24-30/h5-8,10-13,17,22-24,31-32,35-36,41-42H,9,14-16,18-21,25-26H2,1-4H3/t31-,32?,35-,36+,37-,38+,39-,40-/m0/s1. The van der Waals surface area contributed by atoms with Crippen LogP contribution in [0.25, 0.3) is 0 Å². The van der Waals surface area contributed by atoms with Crippen molar-refractivity contribution in [2.75, 3.05) is 13.2 Å². The Hall–Kier alpha value is -2.84. The maximum absolute atomic E-state index is 13.3. The van der Waals surface area contributed by atoms with Crippen LogP contribution in [-0.4, -0.2) is 58.1 Å². The summed E-state index contributed by atoms with van der Waals surface area (Å²) in [5.41, 5.74) is 0.733. The van der Waals surface area contributed by atoms with Crippen LogP contribution in [0, 0.1) is 36.5 Å². The molecule has 4 aliphatic carbocycles. The lowest BCUT2D eigenvalue weighted by molar-refractivity contribution is -0.222. The van der Waals surface area contributed by atoms with E-state index in [-0.39, 0.29) is 39.8 Å². The van der Waals surface area contributed by atoms with Crippen LogP contribution in [0.4, 0.5) is 0 Å². The summed E-state index contributed by atoms with van der Waals surface area (Å²) in [6.07, 6.45) is 9.38. The van der Waals surface area contributed by atoms with E-state index in [1.54, 1.807) is 36.8 Å². The number of allylic oxidation sites excluding steroid dienone is 1. The zero-order valence-electron chi connectivity index (χ0n) is 30.3. The van der Waals surface area contributed by atoms with Crippen LogP contribution in [0.15, 0.2) is 93.0 Å². The Bertz CT molecular complexity index is 2010. The summed E-state index contributed by atoms with van der Waals surface area (Å²) >= 11 is 0. The predicted octanol–water partition coefficient (Wildman–Crippen LogP) is 6.73. The van der Waals surface area contributed by atoms with Crippen molar-refractivity contribution in [3.63, 3.8) is 0 Å². The summed E-state index contributed by atoms with van der Waals surface area (Å²) in [6, 6.07) is 14.2. The van der Waals surface area contributed by atoms with E-state index in [1.807, 2.05) is 19.9 Å². The maximum Gasteiger partial charge on any atom is 0.297 e. The van der Waals surface area contributed by atoms with Crippen LogP contribution in [0.2, 0.25) is 0 Å². The number of rotatable bonds is 11. The van der Waals surface area contributed by atoms with E-state index < -0.39 is 49.6 Å². The largest absolute Gasteiger partial charge is 0.472 e. The zero-order valence-corrected chi connectivity index (χ0v) is 31.9. The van der Waals surface area contributed by atoms with Gasteiger partial charge < -0.3 is 19.4 Å². The minimum atomic E-state index is -4.27. The number of hydrogen-bond donors (Lipinski definition) is 2. The number of fused-ring (bicyclic) bond motifs is 5. The van der Waals surface area contributed by atoms with E-state index in [4.69, 9.17) is 17.5 Å². The summed E-state index contributed by atoms with van der Waals surface area (Å²) in [7, 11) is -8.46. The first-order chi connectivity index (χ1) is 24.5. The van der Waals surface area contributed by atoms with Crippen molar-refractivity contribution in [2.45, 2.75) is 112 Å². The van der Waals surface area contributed by atoms with E-state index in [9.17, 15) is 27.0 Å². The molecule has 7 rings (SSSR count). The Kier molecular flexibility index (Phi) is 9.71. The summed E-state index contributed by atoms with van der Waals surface area (Å²) in [6.45, 7) is 7.26. The number of benzene rings is 2. The van der Waals surface area contributed by atoms with Crippen molar-refractivity contribution in [3.8, 4) is 0 Å². The fourth-order valence-electron chi connectivity index (χ4n) is 9.99. The Morgan fingerprint density at radius 3 is 2.08 bits per heavy atom. The molecule has 282 valence electrons. The third-order valence-corrected chi connectivity index (χ3v) is 15.9. The minimum absolute atomic E-state index is 0.0317. The smallest absolute Gasteiger partial charge is 0.297 e. The van der Waals surface area contributed by atoms with Gasteiger partial charge in [0.25, 0.3) is 20.2 Å². The third kappa shape index (κ3) is 6.31. The summed E-state index contributed by atoms with van der Waals surface area (Å²) in [5.74, 6) is 0.263. The maximum atomic E-state index is 13.3. The quantitative estimate of drug-likeness (QED) is 0.160. The molecule has 0 saturated heterocycles. The number of hydrogen-bond acceptors (Lipinski definition) is 10. The molecule has 10 nitrogen and oxygen atoms in total. The molecule has 1 aromatic heterocycles. The van der Waals surface area contributed by atoms with E-state index in [0.29, 0.717) is 25.7 Å². The van der Waals surface area contributed by atoms with Gasteiger partial charge in [-0.3, -0.25) is 8.37 Å². The molecule has 3 saturated carbocycles. The first kappa shape index (κ1) is 37.5. The normalized spacial score (nSPS) is 33.8. The van der Waals surface area contributed by atoms with E-state index in [1.165, 1.54) is 29.8 Å². The molecular weight excluding hydrogens is 705 g/mol. The molecule has 0 spiro atoms. The molecule has 12 heteroatoms. The second kappa shape index (κ2) is 13.5. The van der Waals surface area contributed by atoms with Crippen LogP contribution in [0.1, 0.15) is 81.9 Å². The molecule has 52 heavy (non-hydrogen) atoms. The molecule has 2 aromatic carbocycles. The molecule has 0 amide bonds. The summed E-state index contributed by atoms with van der Waals surface area (Å²) < 4.78 is 75.3. The number of aryl methyl sites for hydroxylation is 2. The van der Waals surface area contributed by atoms with Gasteiger partial charge in [0.15, 0.2) is 0 Å². The van der Waals surface area contributed by atoms with Crippen LogP contribution in [0.3, 0.4) is 0 Å². The Labute approximate surface area is 307 Å². The summed E-state index contributed by atoms with van der Waals surface area (Å²) in [4.78, 5) is -0.0879. The topological polar surface area (TPSA) is 150 Å². The molecule has 3 aromatic rings. The Morgan fingerprint density at radius 1 is 0.788 bits per heavy atom. The first-order valence-electron chi connectivity index (χ1n) is 18.3. The highest BCUT2D eigenvalue weighted by Gasteiger charge is 2.71. The lowest BCUT2D eigenvalue weighted by Gasteiger charge is -2.62. The van der Waals surface area contributed by atoms with E-state index in [2.05, 4.69) is 19.9 Å². The third-order valence-electron chi connectivity index (χ3n) is 13.2. The highest BCUT2D eigenvalue weighted by Crippen LogP contribution is 2.71. The van der Waals surface area contributed by atoms with Crippen LogP contribution < -0.4 is 0 Å². The highest BCUT2D eigenvalue weighted by molar-refractivity contribution is 7.87. The monoisotopic (exact) mass is 754 g/mol. The zero-order chi connectivity index (χ0) is 37.2. The Morgan fingerprint density at radius 2 is 1.44 bits per heavy atom. The number of ether oxygens (including phenoxy) is 1. The molecule has 4 aliphatic rings. The first-order valence-corrected chi connectivity index (χ1v) is 21.1. The van der Waals surface area contributed by atoms with Gasteiger partial charge in [0, 0.05) is 11.0 Å².